The van der Waals surface area contributed by atoms with Gasteiger partial charge >= 0.3 is 0 Å². The molecule has 1 aliphatic rings. The van der Waals surface area contributed by atoms with E-state index in [-0.39, 0.29) is 11.9 Å². The van der Waals surface area contributed by atoms with E-state index in [1.165, 1.54) is 13.3 Å². The average Bonchev–Trinajstić information content (AvgIpc) is 3.26. The first-order valence-electron chi connectivity index (χ1n) is 10.1. The zero-order valence-corrected chi connectivity index (χ0v) is 20.0. The third kappa shape index (κ3) is 4.95. The monoisotopic (exact) mass is 487 g/mol. The number of para-hydroxylation sites is 1. The van der Waals surface area contributed by atoms with Gasteiger partial charge < -0.3 is 19.9 Å². The predicted molar refractivity (Wildman–Crippen MR) is 129 cm³/mol. The maximum Gasteiger partial charge on any atom is 0.275 e. The second-order valence-corrected chi connectivity index (χ2v) is 11.3. The molecule has 1 aromatic heterocycles. The molecule has 0 unspecified atom stereocenters. The third-order valence-corrected chi connectivity index (χ3v) is 6.85. The molecule has 0 radical (unpaired) electrons. The Morgan fingerprint density at radius 1 is 1.15 bits per heavy atom. The Balaban J connectivity index is 1.63. The van der Waals surface area contributed by atoms with Crippen LogP contribution in [0.3, 0.4) is 0 Å². The van der Waals surface area contributed by atoms with Crippen molar-refractivity contribution in [2.24, 2.45) is 0 Å². The fourth-order valence-electron chi connectivity index (χ4n) is 3.57. The van der Waals surface area contributed by atoms with Crippen LogP contribution >= 0.6 is 18.7 Å². The molecule has 0 saturated heterocycles. The lowest BCUT2D eigenvalue weighted by Crippen LogP contribution is -2.23. The lowest BCUT2D eigenvalue weighted by molar-refractivity contribution is 0.0537. The van der Waals surface area contributed by atoms with Crippen LogP contribution in [0.1, 0.15) is 15.9 Å². The number of ether oxygens (including phenoxy) is 1. The minimum atomic E-state index is -2.52. The van der Waals surface area contributed by atoms with Crippen molar-refractivity contribution in [2.45, 2.75) is 6.42 Å². The van der Waals surface area contributed by atoms with Crippen molar-refractivity contribution in [1.29, 1.82) is 0 Å². The number of anilines is 4. The van der Waals surface area contributed by atoms with Crippen molar-refractivity contribution in [3.8, 4) is 5.75 Å². The largest absolute Gasteiger partial charge is 0.491 e. The van der Waals surface area contributed by atoms with E-state index in [4.69, 9.17) is 21.2 Å². The van der Waals surface area contributed by atoms with Gasteiger partial charge in [0.1, 0.15) is 17.9 Å². The summed E-state index contributed by atoms with van der Waals surface area (Å²) in [6, 6.07) is 10.7. The van der Waals surface area contributed by atoms with Crippen LogP contribution in [0.25, 0.3) is 0 Å². The van der Waals surface area contributed by atoms with Gasteiger partial charge in [-0.15, -0.1) is 0 Å². The Morgan fingerprint density at radius 2 is 1.94 bits per heavy atom. The molecular formula is C22H23ClN5O4P. The van der Waals surface area contributed by atoms with Crippen LogP contribution < -0.4 is 26.2 Å². The van der Waals surface area contributed by atoms with Crippen molar-refractivity contribution in [1.82, 2.24) is 15.4 Å². The van der Waals surface area contributed by atoms with Gasteiger partial charge in [-0.05, 0) is 37.6 Å². The second-order valence-electron chi connectivity index (χ2n) is 7.71. The van der Waals surface area contributed by atoms with E-state index >= 15 is 0 Å². The molecule has 2 aromatic carbocycles. The van der Waals surface area contributed by atoms with Crippen molar-refractivity contribution in [2.75, 3.05) is 37.7 Å². The Bertz CT molecular complexity index is 1260. The fraction of sp³-hybridized carbons (Fsp3) is 0.227. The Kier molecular flexibility index (Phi) is 6.56. The molecule has 0 atom stereocenters. The number of benzene rings is 2. The van der Waals surface area contributed by atoms with E-state index in [2.05, 4.69) is 26.1 Å². The molecule has 9 nitrogen and oxygen atoms in total. The molecule has 1 aliphatic heterocycles. The zero-order chi connectivity index (χ0) is 23.6. The first-order valence-corrected chi connectivity index (χ1v) is 13.1. The Morgan fingerprint density at radius 3 is 2.70 bits per heavy atom. The maximum absolute atomic E-state index is 12.7. The van der Waals surface area contributed by atoms with Crippen molar-refractivity contribution in [3.63, 3.8) is 0 Å². The molecule has 4 rings (SSSR count). The number of fused-ring (bicyclic) bond motifs is 1. The van der Waals surface area contributed by atoms with Gasteiger partial charge in [0, 0.05) is 22.9 Å². The first kappa shape index (κ1) is 23.0. The van der Waals surface area contributed by atoms with E-state index in [0.29, 0.717) is 51.9 Å². The van der Waals surface area contributed by atoms with Crippen LogP contribution in [0.4, 0.5) is 23.1 Å². The second kappa shape index (κ2) is 9.39. The molecular weight excluding hydrogens is 465 g/mol. The number of nitrogens with zero attached hydrogens (tertiary/aromatic N) is 2. The fourth-order valence-corrected chi connectivity index (χ4v) is 4.86. The summed E-state index contributed by atoms with van der Waals surface area (Å²) in [5.74, 6) is 0.865. The smallest absolute Gasteiger partial charge is 0.275 e. The lowest BCUT2D eigenvalue weighted by Gasteiger charge is -2.16. The molecule has 33 heavy (non-hydrogen) atoms. The van der Waals surface area contributed by atoms with Crippen molar-refractivity contribution in [3.05, 3.63) is 58.7 Å². The van der Waals surface area contributed by atoms with Crippen LogP contribution in [0.15, 0.2) is 42.6 Å². The Hall–Kier alpha value is -3.13. The zero-order valence-electron chi connectivity index (χ0n) is 18.3. The van der Waals surface area contributed by atoms with Gasteiger partial charge in [-0.3, -0.25) is 9.63 Å². The number of hydrogen-bond donors (Lipinski definition) is 3. The lowest BCUT2D eigenvalue weighted by atomic mass is 10.0. The number of aromatic nitrogens is 2. The Labute approximate surface area is 196 Å². The van der Waals surface area contributed by atoms with E-state index < -0.39 is 7.14 Å². The van der Waals surface area contributed by atoms with Gasteiger partial charge in [0.15, 0.2) is 5.82 Å². The summed E-state index contributed by atoms with van der Waals surface area (Å²) < 4.78 is 18.4. The maximum atomic E-state index is 12.7. The number of halogens is 1. The number of hydrogen-bond acceptors (Lipinski definition) is 8. The number of hydroxylamine groups is 1. The van der Waals surface area contributed by atoms with E-state index in [0.717, 1.165) is 5.56 Å². The molecule has 1 amide bonds. The van der Waals surface area contributed by atoms with Crippen LogP contribution in [0.2, 0.25) is 5.02 Å². The highest BCUT2D eigenvalue weighted by Gasteiger charge is 2.24. The summed E-state index contributed by atoms with van der Waals surface area (Å²) in [6.45, 7) is 3.87. The predicted octanol–water partition coefficient (Wildman–Crippen LogP) is 4.09. The average molecular weight is 488 g/mol. The molecule has 0 aliphatic carbocycles. The van der Waals surface area contributed by atoms with Crippen LogP contribution in [0, 0.1) is 0 Å². The van der Waals surface area contributed by atoms with Crippen LogP contribution in [-0.4, -0.2) is 42.9 Å². The van der Waals surface area contributed by atoms with Crippen molar-refractivity contribution < 1.29 is 18.9 Å². The number of carbonyl (C=O) groups is 1. The number of carbonyl (C=O) groups excluding carboxylic acids is 1. The quantitative estimate of drug-likeness (QED) is 0.337. The highest BCUT2D eigenvalue weighted by atomic mass is 35.5. The normalized spacial score (nSPS) is 12.6. The molecule has 0 fully saturated rings. The summed E-state index contributed by atoms with van der Waals surface area (Å²) in [4.78, 5) is 25.7. The minimum Gasteiger partial charge on any atom is -0.491 e. The highest BCUT2D eigenvalue weighted by molar-refractivity contribution is 7.70. The molecule has 3 N–H and O–H groups in total. The molecule has 0 bridgehead atoms. The molecule has 2 heterocycles. The minimum absolute atomic E-state index is 0.280. The summed E-state index contributed by atoms with van der Waals surface area (Å²) in [5.41, 5.74) is 4.87. The molecule has 172 valence electrons. The summed E-state index contributed by atoms with van der Waals surface area (Å²) >= 11 is 6.33. The SMILES string of the molecule is CONC(=O)c1ccc(Nc2ncc(Cl)c(Nc3ccccc3P(C)(C)=O)n2)c2c1CCO2. The van der Waals surface area contributed by atoms with Gasteiger partial charge in [-0.25, -0.2) is 10.5 Å². The highest BCUT2D eigenvalue weighted by Crippen LogP contribution is 2.39. The standard InChI is InChI=1S/C22H23ClN5O4P/c1-31-28-21(29)14-8-9-17(19-13(14)10-11-32-19)26-22-24-12-15(23)20(27-22)25-16-6-4-5-7-18(16)33(2,3)30/h4-9,12H,10-11H2,1-3H3,(H,28,29)(H2,24,25,26,27). The van der Waals surface area contributed by atoms with Crippen LogP contribution in [0.5, 0.6) is 5.75 Å². The third-order valence-electron chi connectivity index (χ3n) is 5.03. The van der Waals surface area contributed by atoms with Gasteiger partial charge in [-0.2, -0.15) is 4.98 Å². The first-order chi connectivity index (χ1) is 15.8. The summed E-state index contributed by atoms with van der Waals surface area (Å²) in [7, 11) is -1.14. The molecule has 3 aromatic rings. The van der Waals surface area contributed by atoms with E-state index in [1.54, 1.807) is 25.5 Å². The number of rotatable bonds is 7. The van der Waals surface area contributed by atoms with Gasteiger partial charge in [-0.1, -0.05) is 23.7 Å². The summed E-state index contributed by atoms with van der Waals surface area (Å²) in [6.07, 6.45) is 2.07. The van der Waals surface area contributed by atoms with Crippen LogP contribution in [-0.2, 0) is 15.8 Å². The molecule has 0 saturated carbocycles. The van der Waals surface area contributed by atoms with Gasteiger partial charge in [0.05, 0.1) is 31.3 Å². The number of nitrogens with one attached hydrogen (secondary N) is 3. The molecule has 0 spiro atoms. The van der Waals surface area contributed by atoms with Gasteiger partial charge in [0.25, 0.3) is 5.91 Å². The van der Waals surface area contributed by atoms with E-state index in [1.807, 2.05) is 24.3 Å². The number of amides is 1. The summed E-state index contributed by atoms with van der Waals surface area (Å²) in [5, 5.41) is 7.32. The van der Waals surface area contributed by atoms with Crippen molar-refractivity contribution >= 4 is 53.1 Å². The molecule has 11 heteroatoms. The topological polar surface area (TPSA) is 114 Å². The van der Waals surface area contributed by atoms with E-state index in [9.17, 15) is 9.36 Å². The van der Waals surface area contributed by atoms with Gasteiger partial charge in [0.2, 0.25) is 5.95 Å².